The fourth-order valence-corrected chi connectivity index (χ4v) is 9.37. The molecule has 11 unspecified atom stereocenters. The Morgan fingerprint density at radius 1 is 0.754 bits per heavy atom. The van der Waals surface area contributed by atoms with E-state index in [0.29, 0.717) is 38.0 Å². The van der Waals surface area contributed by atoms with Crippen molar-refractivity contribution in [3.8, 4) is 0 Å². The molecule has 11 atom stereocenters. The molecule has 0 saturated carbocycles. The van der Waals surface area contributed by atoms with E-state index in [1.165, 1.54) is 7.11 Å². The molecule has 65 heavy (non-hydrogen) atoms. The Morgan fingerprint density at radius 3 is 1.95 bits per heavy atom. The molecule has 364 valence electrons. The molecule has 1 aliphatic heterocycles. The van der Waals surface area contributed by atoms with E-state index in [2.05, 4.69) is 36.7 Å². The van der Waals surface area contributed by atoms with E-state index in [1.807, 2.05) is 88.9 Å². The van der Waals surface area contributed by atoms with Crippen molar-refractivity contribution in [3.63, 3.8) is 0 Å². The number of benzene rings is 2. The van der Waals surface area contributed by atoms with Crippen molar-refractivity contribution in [1.29, 1.82) is 0 Å². The van der Waals surface area contributed by atoms with Crippen LogP contribution in [0.3, 0.4) is 0 Å². The van der Waals surface area contributed by atoms with Crippen molar-refractivity contribution in [2.75, 3.05) is 41.5 Å². The standard InChI is InChI=1S/C52H82N4O9/c1-14-34(6)42(27-35(7)36(8)48(58)46(32(2)3)55-51(60)47(53-10)33(4)5)44(62-11)29-45(57)56-26-18-21-43(56)49(63-12)37(9)50(59)54-41(28-38-19-16-15-17-20-38)31-65-30-39-22-24-40(25-23-39)52(61)64-13/h15-17,19-20,22-25,32-37,41-44,46-47,49,53H,14,18,21,26-31H2,1-13H3,(H,54,59)(H,55,60). The average molecular weight is 907 g/mol. The lowest BCUT2D eigenvalue weighted by Crippen LogP contribution is -2.54. The summed E-state index contributed by atoms with van der Waals surface area (Å²) in [6, 6.07) is 15.3. The summed E-state index contributed by atoms with van der Waals surface area (Å²) in [5.41, 5.74) is 2.39. The van der Waals surface area contributed by atoms with Crippen LogP contribution in [0.15, 0.2) is 54.6 Å². The highest BCUT2D eigenvalue weighted by Crippen LogP contribution is 2.35. The Kier molecular flexibility index (Phi) is 23.3. The normalized spacial score (nSPS) is 18.8. The lowest BCUT2D eigenvalue weighted by molar-refractivity contribution is -0.143. The van der Waals surface area contributed by atoms with Crippen molar-refractivity contribution >= 4 is 29.5 Å². The van der Waals surface area contributed by atoms with Gasteiger partial charge in [-0.05, 0) is 85.6 Å². The number of carbonyl (C=O) groups is 5. The van der Waals surface area contributed by atoms with Crippen LogP contribution >= 0.6 is 0 Å². The number of nitrogens with zero attached hydrogens (tertiary/aromatic N) is 1. The number of carbonyl (C=O) groups excluding carboxylic acids is 5. The first-order valence-corrected chi connectivity index (χ1v) is 23.9. The molecule has 3 amide bonds. The van der Waals surface area contributed by atoms with Gasteiger partial charge in [0.2, 0.25) is 17.7 Å². The van der Waals surface area contributed by atoms with Crippen LogP contribution in [-0.4, -0.2) is 112 Å². The zero-order chi connectivity index (χ0) is 48.4. The smallest absolute Gasteiger partial charge is 0.337 e. The molecule has 0 bridgehead atoms. The molecule has 1 saturated heterocycles. The number of hydrogen-bond donors (Lipinski definition) is 3. The first kappa shape index (κ1) is 55.2. The minimum absolute atomic E-state index is 0.00660. The zero-order valence-electron chi connectivity index (χ0n) is 41.7. The van der Waals surface area contributed by atoms with Gasteiger partial charge in [0.05, 0.1) is 74.6 Å². The second kappa shape index (κ2) is 27.5. The monoisotopic (exact) mass is 907 g/mol. The predicted molar refractivity (Wildman–Crippen MR) is 255 cm³/mol. The quantitative estimate of drug-likeness (QED) is 0.0756. The van der Waals surface area contributed by atoms with Crippen molar-refractivity contribution < 1.29 is 42.9 Å². The van der Waals surface area contributed by atoms with E-state index in [-0.39, 0.29) is 84.1 Å². The van der Waals surface area contributed by atoms with Crippen molar-refractivity contribution in [3.05, 3.63) is 71.3 Å². The van der Waals surface area contributed by atoms with Crippen LogP contribution in [0.1, 0.15) is 116 Å². The summed E-state index contributed by atoms with van der Waals surface area (Å²) >= 11 is 0. The Morgan fingerprint density at radius 2 is 1.40 bits per heavy atom. The fraction of sp³-hybridized carbons (Fsp3) is 0.673. The van der Waals surface area contributed by atoms with Crippen molar-refractivity contribution in [1.82, 2.24) is 20.9 Å². The molecule has 1 aliphatic rings. The number of amides is 3. The highest BCUT2D eigenvalue weighted by Gasteiger charge is 2.42. The summed E-state index contributed by atoms with van der Waals surface area (Å²) in [5, 5.41) is 9.37. The number of esters is 1. The van der Waals surface area contributed by atoms with Crippen LogP contribution in [0.5, 0.6) is 0 Å². The summed E-state index contributed by atoms with van der Waals surface area (Å²) in [7, 11) is 6.37. The molecular formula is C52H82N4O9. The van der Waals surface area contributed by atoms with Crippen molar-refractivity contribution in [2.24, 2.45) is 41.4 Å². The Hall–Kier alpha value is -4.17. The fourth-order valence-electron chi connectivity index (χ4n) is 9.37. The highest BCUT2D eigenvalue weighted by atomic mass is 16.5. The summed E-state index contributed by atoms with van der Waals surface area (Å²) in [5.74, 6) is -1.56. The zero-order valence-corrected chi connectivity index (χ0v) is 41.7. The van der Waals surface area contributed by atoms with Crippen LogP contribution < -0.4 is 16.0 Å². The lowest BCUT2D eigenvalue weighted by atomic mass is 9.74. The third-order valence-corrected chi connectivity index (χ3v) is 13.8. The molecule has 0 radical (unpaired) electrons. The van der Waals surface area contributed by atoms with Crippen LogP contribution in [-0.2, 0) is 51.2 Å². The van der Waals surface area contributed by atoms with E-state index in [9.17, 15) is 24.0 Å². The van der Waals surface area contributed by atoms with Gasteiger partial charge in [0, 0.05) is 26.7 Å². The van der Waals surface area contributed by atoms with Gasteiger partial charge < -0.3 is 39.8 Å². The molecule has 13 heteroatoms. The highest BCUT2D eigenvalue weighted by molar-refractivity contribution is 5.92. The third kappa shape index (κ3) is 16.0. The molecule has 13 nitrogen and oxygen atoms in total. The molecule has 0 aliphatic carbocycles. The summed E-state index contributed by atoms with van der Waals surface area (Å²) in [6.45, 7) is 19.2. The van der Waals surface area contributed by atoms with E-state index < -0.39 is 36.2 Å². The van der Waals surface area contributed by atoms with E-state index in [0.717, 1.165) is 24.0 Å². The average Bonchev–Trinajstić information content (AvgIpc) is 3.78. The molecule has 0 spiro atoms. The SMILES string of the molecule is CCC(C)C(CC(C)C(C)C(=O)C(NC(=O)C(NC)C(C)C)C(C)C)C(CC(=O)N1CCCC1C(OC)C(C)C(=O)NC(COCc1ccc(C(=O)OC)cc1)Cc1ccccc1)OC. The van der Waals surface area contributed by atoms with Gasteiger partial charge in [-0.25, -0.2) is 4.79 Å². The molecule has 1 fully saturated rings. The number of ether oxygens (including phenoxy) is 4. The van der Waals surface area contributed by atoms with E-state index in [4.69, 9.17) is 18.9 Å². The van der Waals surface area contributed by atoms with Gasteiger partial charge in [0.1, 0.15) is 0 Å². The molecule has 0 aromatic heterocycles. The number of nitrogens with one attached hydrogen (secondary N) is 3. The summed E-state index contributed by atoms with van der Waals surface area (Å²) in [6.07, 6.45) is 2.83. The Labute approximate surface area is 390 Å². The number of ketones is 1. The first-order valence-electron chi connectivity index (χ1n) is 23.9. The van der Waals surface area contributed by atoms with Gasteiger partial charge in [0.15, 0.2) is 5.78 Å². The number of hydrogen-bond acceptors (Lipinski definition) is 10. The maximum absolute atomic E-state index is 14.4. The molecule has 3 rings (SSSR count). The largest absolute Gasteiger partial charge is 0.465 e. The maximum atomic E-state index is 14.4. The van der Waals surface area contributed by atoms with Gasteiger partial charge >= 0.3 is 5.97 Å². The van der Waals surface area contributed by atoms with Gasteiger partial charge in [-0.15, -0.1) is 0 Å². The molecule has 2 aromatic carbocycles. The number of rotatable bonds is 28. The van der Waals surface area contributed by atoms with E-state index in [1.54, 1.807) is 33.4 Å². The van der Waals surface area contributed by atoms with Crippen LogP contribution in [0.4, 0.5) is 0 Å². The second-order valence-electron chi connectivity index (χ2n) is 19.1. The van der Waals surface area contributed by atoms with Gasteiger partial charge in [-0.3, -0.25) is 19.2 Å². The first-order chi connectivity index (χ1) is 30.9. The topological polar surface area (TPSA) is 162 Å². The van der Waals surface area contributed by atoms with Gasteiger partial charge in [0.25, 0.3) is 0 Å². The van der Waals surface area contributed by atoms with Gasteiger partial charge in [-0.2, -0.15) is 0 Å². The minimum Gasteiger partial charge on any atom is -0.465 e. The summed E-state index contributed by atoms with van der Waals surface area (Å²) in [4.78, 5) is 69.6. The van der Waals surface area contributed by atoms with Crippen LogP contribution in [0.2, 0.25) is 0 Å². The third-order valence-electron chi connectivity index (χ3n) is 13.8. The number of likely N-dealkylation sites (tertiary alicyclic amines) is 1. The number of likely N-dealkylation sites (N-methyl/N-ethyl adjacent to an activating group) is 1. The molecule has 1 heterocycles. The van der Waals surface area contributed by atoms with E-state index >= 15 is 0 Å². The maximum Gasteiger partial charge on any atom is 0.337 e. The van der Waals surface area contributed by atoms with Crippen LogP contribution in [0.25, 0.3) is 0 Å². The Bertz CT molecular complexity index is 1770. The molecule has 2 aromatic rings. The number of methoxy groups -OCH3 is 3. The van der Waals surface area contributed by atoms with Crippen LogP contribution in [0, 0.1) is 41.4 Å². The molecular weight excluding hydrogens is 825 g/mol. The number of Topliss-reactive ketones (excluding diaryl/α,β-unsaturated/α-hetero) is 1. The van der Waals surface area contributed by atoms with Crippen molar-refractivity contribution in [2.45, 2.75) is 144 Å². The Balaban J connectivity index is 1.72. The molecule has 3 N–H and O–H groups in total. The van der Waals surface area contributed by atoms with Gasteiger partial charge in [-0.1, -0.05) is 111 Å². The minimum atomic E-state index is -0.616. The lowest BCUT2D eigenvalue weighted by Gasteiger charge is -2.37. The predicted octanol–water partition coefficient (Wildman–Crippen LogP) is 7.04. The second-order valence-corrected chi connectivity index (χ2v) is 19.1. The summed E-state index contributed by atoms with van der Waals surface area (Å²) < 4.78 is 23.2.